The normalized spacial score (nSPS) is 12.0. The minimum absolute atomic E-state index is 0.862. The summed E-state index contributed by atoms with van der Waals surface area (Å²) in [4.78, 5) is 0. The third-order valence-electron chi connectivity index (χ3n) is 9.57. The number of rotatable bonds is 6. The molecular formula is C47H32S. The fraction of sp³-hybridized carbons (Fsp3) is 0.0213. The van der Waals surface area contributed by atoms with Crippen molar-refractivity contribution < 1.29 is 0 Å². The van der Waals surface area contributed by atoms with Gasteiger partial charge in [0.1, 0.15) is 0 Å². The molecule has 0 bridgehead atoms. The first-order chi connectivity index (χ1) is 23.8. The second-order valence-corrected chi connectivity index (χ2v) is 13.5. The van der Waals surface area contributed by atoms with Gasteiger partial charge in [-0.1, -0.05) is 158 Å². The fourth-order valence-electron chi connectivity index (χ4n) is 7.10. The van der Waals surface area contributed by atoms with Crippen LogP contribution in [0.3, 0.4) is 0 Å². The molecule has 9 aromatic rings. The van der Waals surface area contributed by atoms with Gasteiger partial charge in [0.05, 0.1) is 0 Å². The van der Waals surface area contributed by atoms with Crippen molar-refractivity contribution in [1.82, 2.24) is 0 Å². The van der Waals surface area contributed by atoms with E-state index < -0.39 is 0 Å². The number of benzene rings is 8. The zero-order valence-electron chi connectivity index (χ0n) is 26.4. The van der Waals surface area contributed by atoms with Gasteiger partial charge in [0, 0.05) is 20.2 Å². The smallest absolute Gasteiger partial charge is 0.0355 e. The lowest BCUT2D eigenvalue weighted by Crippen LogP contribution is -1.91. The lowest BCUT2D eigenvalue weighted by molar-refractivity contribution is 1.27. The van der Waals surface area contributed by atoms with Gasteiger partial charge in [0.25, 0.3) is 0 Å². The molecule has 0 unspecified atom stereocenters. The Kier molecular flexibility index (Phi) is 7.18. The minimum Gasteiger partial charge on any atom is -0.135 e. The van der Waals surface area contributed by atoms with Crippen molar-refractivity contribution in [2.24, 2.45) is 0 Å². The van der Waals surface area contributed by atoms with Gasteiger partial charge in [-0.2, -0.15) is 0 Å². The van der Waals surface area contributed by atoms with Crippen molar-refractivity contribution in [3.63, 3.8) is 0 Å². The van der Waals surface area contributed by atoms with Crippen LogP contribution in [-0.2, 0) is 6.42 Å². The van der Waals surface area contributed by atoms with Crippen LogP contribution in [0.25, 0.3) is 69.5 Å². The van der Waals surface area contributed by atoms with Gasteiger partial charge in [-0.3, -0.25) is 0 Å². The molecule has 0 fully saturated rings. The van der Waals surface area contributed by atoms with Crippen LogP contribution in [0.5, 0.6) is 0 Å². The zero-order valence-corrected chi connectivity index (χ0v) is 27.3. The Balaban J connectivity index is 1.01. The SMILES string of the molecule is C(/Cc1ccc(-c2ccc(-c3cc4ccccc4c4ccccc34)cc2)cc1)=C(\c1ccccc1)c1ccc2sc3ccccc3c2c1. The number of allylic oxidation sites excluding steroid dienone is 1. The molecule has 48 heavy (non-hydrogen) atoms. The van der Waals surface area contributed by atoms with Crippen LogP contribution in [-0.4, -0.2) is 0 Å². The maximum Gasteiger partial charge on any atom is 0.0355 e. The average Bonchev–Trinajstić information content (AvgIpc) is 3.53. The van der Waals surface area contributed by atoms with E-state index in [0.29, 0.717) is 0 Å². The van der Waals surface area contributed by atoms with Crippen molar-refractivity contribution in [3.8, 4) is 22.3 Å². The van der Waals surface area contributed by atoms with Gasteiger partial charge in [-0.25, -0.2) is 0 Å². The fourth-order valence-corrected chi connectivity index (χ4v) is 8.19. The van der Waals surface area contributed by atoms with E-state index >= 15 is 0 Å². The van der Waals surface area contributed by atoms with Crippen LogP contribution in [0.15, 0.2) is 182 Å². The van der Waals surface area contributed by atoms with Crippen LogP contribution in [0.1, 0.15) is 16.7 Å². The van der Waals surface area contributed by atoms with Crippen molar-refractivity contribution in [1.29, 1.82) is 0 Å². The highest BCUT2D eigenvalue weighted by molar-refractivity contribution is 7.25. The molecule has 0 aliphatic carbocycles. The summed E-state index contributed by atoms with van der Waals surface area (Å²) in [7, 11) is 0. The molecule has 0 aliphatic heterocycles. The predicted molar refractivity (Wildman–Crippen MR) is 209 cm³/mol. The Bertz CT molecular complexity index is 2600. The van der Waals surface area contributed by atoms with Gasteiger partial charge < -0.3 is 0 Å². The summed E-state index contributed by atoms with van der Waals surface area (Å²) in [5.41, 5.74) is 10.0. The van der Waals surface area contributed by atoms with Crippen LogP contribution in [0.2, 0.25) is 0 Å². The quantitative estimate of drug-likeness (QED) is 0.161. The van der Waals surface area contributed by atoms with E-state index in [1.807, 2.05) is 11.3 Å². The summed E-state index contributed by atoms with van der Waals surface area (Å²) in [6, 6.07) is 64.3. The number of hydrogen-bond acceptors (Lipinski definition) is 1. The molecule has 9 rings (SSSR count). The average molecular weight is 629 g/mol. The molecule has 0 N–H and O–H groups in total. The van der Waals surface area contributed by atoms with Crippen LogP contribution >= 0.6 is 11.3 Å². The summed E-state index contributed by atoms with van der Waals surface area (Å²) < 4.78 is 2.67. The molecule has 0 spiro atoms. The Morgan fingerprint density at radius 3 is 1.81 bits per heavy atom. The zero-order chi connectivity index (χ0) is 31.9. The molecule has 0 radical (unpaired) electrons. The van der Waals surface area contributed by atoms with Crippen LogP contribution in [0.4, 0.5) is 0 Å². The summed E-state index contributed by atoms with van der Waals surface area (Å²) in [6.07, 6.45) is 3.25. The van der Waals surface area contributed by atoms with Crippen molar-refractivity contribution in [2.75, 3.05) is 0 Å². The summed E-state index contributed by atoms with van der Waals surface area (Å²) >= 11 is 1.87. The van der Waals surface area contributed by atoms with Gasteiger partial charge in [-0.15, -0.1) is 11.3 Å². The van der Waals surface area contributed by atoms with Gasteiger partial charge in [0.2, 0.25) is 0 Å². The molecule has 0 aliphatic rings. The lowest BCUT2D eigenvalue weighted by Gasteiger charge is -2.12. The highest BCUT2D eigenvalue weighted by Crippen LogP contribution is 2.38. The Hall–Kier alpha value is -5.76. The molecule has 1 aromatic heterocycles. The molecular weight excluding hydrogens is 597 g/mol. The van der Waals surface area contributed by atoms with E-state index in [1.165, 1.54) is 86.2 Å². The Morgan fingerprint density at radius 2 is 1.02 bits per heavy atom. The van der Waals surface area contributed by atoms with E-state index in [-0.39, 0.29) is 0 Å². The Morgan fingerprint density at radius 1 is 0.417 bits per heavy atom. The molecule has 0 atom stereocenters. The van der Waals surface area contributed by atoms with Crippen molar-refractivity contribution in [2.45, 2.75) is 6.42 Å². The monoisotopic (exact) mass is 628 g/mol. The first kappa shape index (κ1) is 28.5. The minimum atomic E-state index is 0.862. The molecule has 1 heteroatoms. The lowest BCUT2D eigenvalue weighted by atomic mass is 9.92. The molecule has 226 valence electrons. The van der Waals surface area contributed by atoms with Gasteiger partial charge in [-0.05, 0) is 96.7 Å². The highest BCUT2D eigenvalue weighted by atomic mass is 32.1. The Labute approximate surface area is 284 Å². The predicted octanol–water partition coefficient (Wildman–Crippen LogP) is 13.4. The largest absolute Gasteiger partial charge is 0.135 e. The third-order valence-corrected chi connectivity index (χ3v) is 10.7. The third kappa shape index (κ3) is 5.19. The summed E-state index contributed by atoms with van der Waals surface area (Å²) in [5.74, 6) is 0. The van der Waals surface area contributed by atoms with E-state index in [0.717, 1.165) is 6.42 Å². The van der Waals surface area contributed by atoms with Crippen LogP contribution in [0, 0.1) is 0 Å². The maximum atomic E-state index is 2.39. The maximum absolute atomic E-state index is 2.39. The van der Waals surface area contributed by atoms with Crippen LogP contribution < -0.4 is 0 Å². The molecule has 8 aromatic carbocycles. The topological polar surface area (TPSA) is 0 Å². The number of fused-ring (bicyclic) bond motifs is 6. The molecule has 0 saturated carbocycles. The molecule has 0 saturated heterocycles. The second kappa shape index (κ2) is 12.1. The molecule has 0 nitrogen and oxygen atoms in total. The molecule has 1 heterocycles. The van der Waals surface area contributed by atoms with E-state index in [4.69, 9.17) is 0 Å². The number of thiophene rings is 1. The van der Waals surface area contributed by atoms with E-state index in [2.05, 4.69) is 182 Å². The van der Waals surface area contributed by atoms with Crippen molar-refractivity contribution >= 4 is 58.6 Å². The summed E-state index contributed by atoms with van der Waals surface area (Å²) in [5, 5.41) is 7.84. The standard InChI is InChI=1S/C47H32S/c1-2-10-35(11-3-1)39(38-27-29-47-45(31-38)43-16-8-9-17-46(43)48-47)28-20-32-18-21-33(22-19-32)34-23-25-36(26-24-34)44-30-37-12-4-5-13-40(37)41-14-6-7-15-42(41)44/h1-19,21-31H,20H2/b39-28-. The molecule has 0 amide bonds. The highest BCUT2D eigenvalue weighted by Gasteiger charge is 2.11. The first-order valence-electron chi connectivity index (χ1n) is 16.6. The van der Waals surface area contributed by atoms with E-state index in [9.17, 15) is 0 Å². The van der Waals surface area contributed by atoms with E-state index in [1.54, 1.807) is 0 Å². The van der Waals surface area contributed by atoms with Crippen molar-refractivity contribution in [3.05, 3.63) is 199 Å². The number of hydrogen-bond donors (Lipinski definition) is 0. The first-order valence-corrected chi connectivity index (χ1v) is 17.4. The van der Waals surface area contributed by atoms with Gasteiger partial charge >= 0.3 is 0 Å². The second-order valence-electron chi connectivity index (χ2n) is 12.5. The van der Waals surface area contributed by atoms with Gasteiger partial charge in [0.15, 0.2) is 0 Å². The summed E-state index contributed by atoms with van der Waals surface area (Å²) in [6.45, 7) is 0.